The first-order chi connectivity index (χ1) is 11.4. The number of carbonyl (C=O) groups is 1. The molecule has 2 aromatic rings. The van der Waals surface area contributed by atoms with Crippen molar-refractivity contribution in [2.24, 2.45) is 0 Å². The molecule has 24 heavy (non-hydrogen) atoms. The van der Waals surface area contributed by atoms with Crippen molar-refractivity contribution >= 4 is 29.1 Å². The van der Waals surface area contributed by atoms with Gasteiger partial charge in [-0.05, 0) is 48.9 Å². The SMILES string of the molecule is C[C@@H](NC(=O)COc1ccc(C#N)cc1)c1cc(F)c(Cl)cc1Cl. The topological polar surface area (TPSA) is 62.1 Å². The zero-order valence-electron chi connectivity index (χ0n) is 12.6. The predicted molar refractivity (Wildman–Crippen MR) is 89.6 cm³/mol. The molecular formula is C17H13Cl2FN2O2. The zero-order valence-corrected chi connectivity index (χ0v) is 14.2. The molecule has 2 rings (SSSR count). The average Bonchev–Trinajstić information content (AvgIpc) is 2.56. The van der Waals surface area contributed by atoms with Gasteiger partial charge in [-0.3, -0.25) is 4.79 Å². The Morgan fingerprint density at radius 1 is 1.29 bits per heavy atom. The maximum Gasteiger partial charge on any atom is 0.258 e. The highest BCUT2D eigenvalue weighted by Crippen LogP contribution is 2.28. The number of hydrogen-bond acceptors (Lipinski definition) is 3. The van der Waals surface area contributed by atoms with Crippen molar-refractivity contribution in [3.8, 4) is 11.8 Å². The van der Waals surface area contributed by atoms with Gasteiger partial charge in [-0.2, -0.15) is 5.26 Å². The summed E-state index contributed by atoms with van der Waals surface area (Å²) in [6, 6.07) is 10.3. The van der Waals surface area contributed by atoms with Crippen LogP contribution in [0.15, 0.2) is 36.4 Å². The monoisotopic (exact) mass is 366 g/mol. The molecule has 1 N–H and O–H groups in total. The Bertz CT molecular complexity index is 788. The summed E-state index contributed by atoms with van der Waals surface area (Å²) in [6.45, 7) is 1.46. The minimum Gasteiger partial charge on any atom is -0.484 e. The number of benzene rings is 2. The van der Waals surface area contributed by atoms with Crippen molar-refractivity contribution in [1.29, 1.82) is 5.26 Å². The number of nitrogens with zero attached hydrogens (tertiary/aromatic N) is 1. The molecule has 0 aliphatic carbocycles. The van der Waals surface area contributed by atoms with Gasteiger partial charge >= 0.3 is 0 Å². The van der Waals surface area contributed by atoms with Crippen molar-refractivity contribution < 1.29 is 13.9 Å². The molecule has 0 aliphatic heterocycles. The number of amides is 1. The molecule has 4 nitrogen and oxygen atoms in total. The number of rotatable bonds is 5. The van der Waals surface area contributed by atoms with Crippen molar-refractivity contribution in [1.82, 2.24) is 5.32 Å². The first-order valence-electron chi connectivity index (χ1n) is 6.97. The molecule has 0 saturated heterocycles. The maximum absolute atomic E-state index is 13.5. The number of nitrogens with one attached hydrogen (secondary N) is 1. The Morgan fingerprint density at radius 3 is 2.58 bits per heavy atom. The molecule has 0 fully saturated rings. The van der Waals surface area contributed by atoms with Gasteiger partial charge < -0.3 is 10.1 Å². The minimum absolute atomic E-state index is 0.0774. The van der Waals surface area contributed by atoms with E-state index in [0.29, 0.717) is 16.9 Å². The van der Waals surface area contributed by atoms with Crippen LogP contribution in [0.25, 0.3) is 0 Å². The van der Waals surface area contributed by atoms with Crippen LogP contribution in [0.1, 0.15) is 24.1 Å². The lowest BCUT2D eigenvalue weighted by atomic mass is 10.1. The third-order valence-corrected chi connectivity index (χ3v) is 3.85. The third-order valence-electron chi connectivity index (χ3n) is 3.24. The van der Waals surface area contributed by atoms with Crippen LogP contribution in [0.3, 0.4) is 0 Å². The fraction of sp³-hybridized carbons (Fsp3) is 0.176. The average molecular weight is 367 g/mol. The molecule has 0 bridgehead atoms. The fourth-order valence-corrected chi connectivity index (χ4v) is 2.55. The van der Waals surface area contributed by atoms with Gasteiger partial charge in [0.1, 0.15) is 11.6 Å². The highest BCUT2D eigenvalue weighted by Gasteiger charge is 2.16. The normalized spacial score (nSPS) is 11.5. The van der Waals surface area contributed by atoms with E-state index in [2.05, 4.69) is 5.32 Å². The van der Waals surface area contributed by atoms with Crippen molar-refractivity contribution in [2.75, 3.05) is 6.61 Å². The van der Waals surface area contributed by atoms with Crippen LogP contribution in [0, 0.1) is 17.1 Å². The number of ether oxygens (including phenoxy) is 1. The molecular weight excluding hydrogens is 354 g/mol. The van der Waals surface area contributed by atoms with Gasteiger partial charge in [0.15, 0.2) is 6.61 Å². The van der Waals surface area contributed by atoms with Crippen LogP contribution >= 0.6 is 23.2 Å². The lowest BCUT2D eigenvalue weighted by Gasteiger charge is -2.16. The molecule has 124 valence electrons. The molecule has 0 heterocycles. The maximum atomic E-state index is 13.5. The van der Waals surface area contributed by atoms with E-state index in [9.17, 15) is 9.18 Å². The van der Waals surface area contributed by atoms with E-state index in [-0.39, 0.29) is 16.7 Å². The largest absolute Gasteiger partial charge is 0.484 e. The Kier molecular flexibility index (Phi) is 6.02. The van der Waals surface area contributed by atoms with Gasteiger partial charge in [0.2, 0.25) is 0 Å². The van der Waals surface area contributed by atoms with E-state index in [1.807, 2.05) is 6.07 Å². The van der Waals surface area contributed by atoms with Gasteiger partial charge in [0.05, 0.1) is 22.7 Å². The summed E-state index contributed by atoms with van der Waals surface area (Å²) in [5.41, 5.74) is 0.921. The van der Waals surface area contributed by atoms with Crippen molar-refractivity contribution in [3.05, 3.63) is 63.4 Å². The second-order valence-electron chi connectivity index (χ2n) is 5.00. The standard InChI is InChI=1S/C17H13Cl2FN2O2/c1-10(13-6-16(20)15(19)7-14(13)18)22-17(23)9-24-12-4-2-11(8-21)3-5-12/h2-7,10H,9H2,1H3,(H,22,23)/t10-/m1/s1. The van der Waals surface area contributed by atoms with E-state index in [0.717, 1.165) is 0 Å². The zero-order chi connectivity index (χ0) is 17.7. The predicted octanol–water partition coefficient (Wildman–Crippen LogP) is 4.26. The van der Waals surface area contributed by atoms with E-state index < -0.39 is 17.8 Å². The van der Waals surface area contributed by atoms with Gasteiger partial charge in [0, 0.05) is 5.02 Å². The van der Waals surface area contributed by atoms with Crippen LogP contribution in [-0.2, 0) is 4.79 Å². The molecule has 1 atom stereocenters. The summed E-state index contributed by atoms with van der Waals surface area (Å²) in [7, 11) is 0. The van der Waals surface area contributed by atoms with E-state index in [4.69, 9.17) is 33.2 Å². The van der Waals surface area contributed by atoms with E-state index >= 15 is 0 Å². The summed E-state index contributed by atoms with van der Waals surface area (Å²) in [4.78, 5) is 11.9. The highest BCUT2D eigenvalue weighted by atomic mass is 35.5. The van der Waals surface area contributed by atoms with E-state index in [1.165, 1.54) is 12.1 Å². The Balaban J connectivity index is 1.94. The first kappa shape index (κ1) is 18.1. The Hall–Kier alpha value is -2.29. The number of halogens is 3. The lowest BCUT2D eigenvalue weighted by molar-refractivity contribution is -0.123. The van der Waals surface area contributed by atoms with Crippen LogP contribution in [0.4, 0.5) is 4.39 Å². The molecule has 1 amide bonds. The first-order valence-corrected chi connectivity index (χ1v) is 7.73. The molecule has 0 aliphatic rings. The molecule has 0 aromatic heterocycles. The lowest BCUT2D eigenvalue weighted by Crippen LogP contribution is -2.31. The Labute approximate surface area is 148 Å². The number of nitriles is 1. The quantitative estimate of drug-likeness (QED) is 0.804. The summed E-state index contributed by atoms with van der Waals surface area (Å²) in [6.07, 6.45) is 0. The molecule has 0 saturated carbocycles. The van der Waals surface area contributed by atoms with Gasteiger partial charge in [-0.1, -0.05) is 23.2 Å². The second-order valence-corrected chi connectivity index (χ2v) is 5.82. The van der Waals surface area contributed by atoms with Gasteiger partial charge in [-0.25, -0.2) is 4.39 Å². The van der Waals surface area contributed by atoms with Crippen LogP contribution in [0.2, 0.25) is 10.0 Å². The molecule has 0 spiro atoms. The summed E-state index contributed by atoms with van der Waals surface area (Å²) in [5.74, 6) is -0.531. The third kappa shape index (κ3) is 4.60. The summed E-state index contributed by atoms with van der Waals surface area (Å²) >= 11 is 11.7. The highest BCUT2D eigenvalue weighted by molar-refractivity contribution is 6.35. The van der Waals surface area contributed by atoms with Crippen LogP contribution in [-0.4, -0.2) is 12.5 Å². The summed E-state index contributed by atoms with van der Waals surface area (Å²) < 4.78 is 18.9. The molecule has 0 radical (unpaired) electrons. The van der Waals surface area contributed by atoms with Gasteiger partial charge in [-0.15, -0.1) is 0 Å². The summed E-state index contributed by atoms with van der Waals surface area (Å²) in [5, 5.41) is 11.6. The van der Waals surface area contributed by atoms with E-state index in [1.54, 1.807) is 31.2 Å². The fourth-order valence-electron chi connectivity index (χ4n) is 2.01. The molecule has 7 heteroatoms. The second kappa shape index (κ2) is 8.00. The minimum atomic E-state index is -0.606. The Morgan fingerprint density at radius 2 is 1.96 bits per heavy atom. The van der Waals surface area contributed by atoms with Gasteiger partial charge in [0.25, 0.3) is 5.91 Å². The van der Waals surface area contributed by atoms with Crippen molar-refractivity contribution in [3.63, 3.8) is 0 Å². The van der Waals surface area contributed by atoms with Crippen LogP contribution < -0.4 is 10.1 Å². The number of hydrogen-bond donors (Lipinski definition) is 1. The van der Waals surface area contributed by atoms with Crippen LogP contribution in [0.5, 0.6) is 5.75 Å². The smallest absolute Gasteiger partial charge is 0.258 e. The molecule has 0 unspecified atom stereocenters. The molecule has 2 aromatic carbocycles. The number of carbonyl (C=O) groups excluding carboxylic acids is 1. The van der Waals surface area contributed by atoms with Crippen molar-refractivity contribution in [2.45, 2.75) is 13.0 Å².